The number of nitrogens with one attached hydrogen (secondary N) is 2. The number of pyridine rings is 1. The largest absolute Gasteiger partial charge is 0.458 e. The third-order valence-corrected chi connectivity index (χ3v) is 6.14. The summed E-state index contributed by atoms with van der Waals surface area (Å²) in [5.41, 5.74) is 7.85. The highest BCUT2D eigenvalue weighted by Gasteiger charge is 2.47. The van der Waals surface area contributed by atoms with Crippen LogP contribution in [0.1, 0.15) is 12.2 Å². The van der Waals surface area contributed by atoms with Crippen molar-refractivity contribution >= 4 is 38.7 Å². The van der Waals surface area contributed by atoms with Crippen molar-refractivity contribution in [3.05, 3.63) is 40.7 Å². The van der Waals surface area contributed by atoms with Gasteiger partial charge in [-0.15, -0.1) is 0 Å². The zero-order valence-corrected chi connectivity index (χ0v) is 16.2. The van der Waals surface area contributed by atoms with Crippen molar-refractivity contribution in [3.63, 3.8) is 0 Å². The van der Waals surface area contributed by atoms with Gasteiger partial charge in [0.2, 0.25) is 5.91 Å². The van der Waals surface area contributed by atoms with Gasteiger partial charge >= 0.3 is 0 Å². The van der Waals surface area contributed by atoms with Crippen molar-refractivity contribution in [2.75, 3.05) is 5.32 Å². The minimum absolute atomic E-state index is 0.0505. The van der Waals surface area contributed by atoms with Crippen LogP contribution in [0.15, 0.2) is 39.4 Å². The van der Waals surface area contributed by atoms with Crippen LogP contribution in [0.4, 0.5) is 5.69 Å². The summed E-state index contributed by atoms with van der Waals surface area (Å²) >= 11 is 3.57. The van der Waals surface area contributed by atoms with E-state index < -0.39 is 0 Å². The average molecular weight is 428 g/mol. The first-order valence-electron chi connectivity index (χ1n) is 8.86. The number of carbonyl (C=O) groups is 1. The lowest BCUT2D eigenvalue weighted by Crippen LogP contribution is -2.41. The maximum atomic E-state index is 12.0. The van der Waals surface area contributed by atoms with Crippen molar-refractivity contribution in [1.82, 2.24) is 15.0 Å². The summed E-state index contributed by atoms with van der Waals surface area (Å²) in [5.74, 6) is 2.10. The third-order valence-electron chi connectivity index (χ3n) is 5.54. The molecule has 0 aliphatic heterocycles. The first-order valence-corrected chi connectivity index (χ1v) is 9.66. The molecule has 8 heteroatoms. The van der Waals surface area contributed by atoms with E-state index in [-0.39, 0.29) is 29.7 Å². The molecule has 4 N–H and O–H groups in total. The number of primary amides is 1. The van der Waals surface area contributed by atoms with Gasteiger partial charge in [0.1, 0.15) is 11.3 Å². The van der Waals surface area contributed by atoms with Crippen molar-refractivity contribution in [2.24, 2.45) is 23.5 Å². The lowest BCUT2D eigenvalue weighted by Gasteiger charge is -2.28. The molecule has 1 fully saturated rings. The molecule has 0 unspecified atom stereocenters. The topological polar surface area (TPSA) is 110 Å². The van der Waals surface area contributed by atoms with Gasteiger partial charge in [0.05, 0.1) is 16.1 Å². The van der Waals surface area contributed by atoms with Crippen LogP contribution in [0.3, 0.4) is 0 Å². The summed E-state index contributed by atoms with van der Waals surface area (Å²) < 4.78 is 6.46. The Bertz CT molecular complexity index is 1090. The van der Waals surface area contributed by atoms with Crippen molar-refractivity contribution < 1.29 is 9.21 Å². The van der Waals surface area contributed by atoms with Gasteiger partial charge in [0, 0.05) is 12.2 Å². The van der Waals surface area contributed by atoms with Crippen molar-refractivity contribution in [1.29, 1.82) is 0 Å². The molecule has 3 aromatic rings. The maximum absolute atomic E-state index is 12.0. The van der Waals surface area contributed by atoms with Gasteiger partial charge in [-0.3, -0.25) is 4.79 Å². The summed E-state index contributed by atoms with van der Waals surface area (Å²) in [4.78, 5) is 24.3. The average Bonchev–Trinajstić information content (AvgIpc) is 3.39. The molecule has 0 saturated heterocycles. The molecule has 0 aromatic carbocycles. The number of fused-ring (bicyclic) bond motifs is 3. The smallest absolute Gasteiger partial charge is 0.223 e. The van der Waals surface area contributed by atoms with E-state index in [1.165, 1.54) is 0 Å². The van der Waals surface area contributed by atoms with Crippen LogP contribution in [0.25, 0.3) is 22.7 Å². The first-order chi connectivity index (χ1) is 13.0. The van der Waals surface area contributed by atoms with Gasteiger partial charge in [-0.05, 0) is 53.2 Å². The number of halogens is 1. The second kappa shape index (κ2) is 5.95. The number of hydrogen-bond donors (Lipinski definition) is 3. The summed E-state index contributed by atoms with van der Waals surface area (Å²) in [6.07, 6.45) is 6.97. The second-order valence-electron chi connectivity index (χ2n) is 7.22. The summed E-state index contributed by atoms with van der Waals surface area (Å²) in [6.45, 7) is 1.89. The number of nitrogens with two attached hydrogens (primary N) is 1. The highest BCUT2D eigenvalue weighted by Crippen LogP contribution is 2.46. The number of carbonyl (C=O) groups excluding carboxylic acids is 1. The van der Waals surface area contributed by atoms with E-state index in [4.69, 9.17) is 15.1 Å². The monoisotopic (exact) mass is 427 g/mol. The number of imidazole rings is 1. The van der Waals surface area contributed by atoms with Crippen LogP contribution < -0.4 is 11.1 Å². The van der Waals surface area contributed by atoms with Gasteiger partial charge in [-0.25, -0.2) is 9.97 Å². The van der Waals surface area contributed by atoms with Crippen molar-refractivity contribution in [2.45, 2.75) is 19.4 Å². The molecule has 27 heavy (non-hydrogen) atoms. The van der Waals surface area contributed by atoms with Crippen molar-refractivity contribution in [3.8, 4) is 11.6 Å². The van der Waals surface area contributed by atoms with Crippen LogP contribution in [0.5, 0.6) is 0 Å². The Balaban J connectivity index is 1.56. The van der Waals surface area contributed by atoms with Gasteiger partial charge in [0.15, 0.2) is 17.2 Å². The summed E-state index contributed by atoms with van der Waals surface area (Å²) in [7, 11) is 0. The predicted molar refractivity (Wildman–Crippen MR) is 105 cm³/mol. The minimum atomic E-state index is -0.264. The van der Waals surface area contributed by atoms with Crippen LogP contribution in [0.2, 0.25) is 0 Å². The fraction of sp³-hybridized carbons (Fsp3) is 0.316. The van der Waals surface area contributed by atoms with E-state index >= 15 is 0 Å². The number of allylic oxidation sites excluding steroid dienone is 1. The lowest BCUT2D eigenvalue weighted by atomic mass is 9.88. The summed E-state index contributed by atoms with van der Waals surface area (Å²) in [6, 6.07) is 3.72. The molecule has 1 amide bonds. The Morgan fingerprint density at radius 3 is 2.93 bits per heavy atom. The molecular weight excluding hydrogens is 410 g/mol. The zero-order chi connectivity index (χ0) is 18.7. The van der Waals surface area contributed by atoms with Crippen LogP contribution in [-0.4, -0.2) is 26.9 Å². The van der Waals surface area contributed by atoms with E-state index in [1.807, 2.05) is 19.1 Å². The van der Waals surface area contributed by atoms with Gasteiger partial charge < -0.3 is 20.5 Å². The molecular formula is C19H18BrN5O2. The fourth-order valence-electron chi connectivity index (χ4n) is 4.32. The number of furan rings is 1. The number of aromatic amines is 1. The Morgan fingerprint density at radius 1 is 1.37 bits per heavy atom. The number of H-pyrrole nitrogens is 1. The van der Waals surface area contributed by atoms with Gasteiger partial charge in [-0.2, -0.15) is 0 Å². The van der Waals surface area contributed by atoms with Gasteiger partial charge in [-0.1, -0.05) is 12.2 Å². The lowest BCUT2D eigenvalue weighted by molar-refractivity contribution is -0.122. The fourth-order valence-corrected chi connectivity index (χ4v) is 4.72. The van der Waals surface area contributed by atoms with E-state index in [0.717, 1.165) is 22.3 Å². The van der Waals surface area contributed by atoms with Crippen LogP contribution >= 0.6 is 15.9 Å². The standard InChI is InChI=1S/C19H18BrN5O2/c1-8-2-5-12(27-8)18-24-16-15(11(20)7-22-19(16)25-18)23-14-10-4-3-9(6-10)13(14)17(21)26/h2-5,7,9-10,13-14H,6H2,1H3,(H2,21,26)(H2,22,23,24,25)/t9-,10+,13+,14-/m1/s1. The maximum Gasteiger partial charge on any atom is 0.223 e. The molecule has 4 atom stereocenters. The zero-order valence-electron chi connectivity index (χ0n) is 14.6. The van der Waals surface area contributed by atoms with E-state index in [0.29, 0.717) is 22.7 Å². The molecule has 2 bridgehead atoms. The van der Waals surface area contributed by atoms with E-state index in [9.17, 15) is 4.79 Å². The molecule has 3 aromatic heterocycles. The molecule has 2 aliphatic carbocycles. The quantitative estimate of drug-likeness (QED) is 0.552. The third kappa shape index (κ3) is 2.58. The molecule has 138 valence electrons. The van der Waals surface area contributed by atoms with Crippen LogP contribution in [0, 0.1) is 24.7 Å². The number of rotatable bonds is 4. The van der Waals surface area contributed by atoms with Gasteiger partial charge in [0.25, 0.3) is 0 Å². The number of nitrogens with zero attached hydrogens (tertiary/aromatic N) is 2. The normalized spacial score (nSPS) is 26.1. The first kappa shape index (κ1) is 16.6. The molecule has 2 aliphatic rings. The highest BCUT2D eigenvalue weighted by atomic mass is 79.9. The molecule has 5 rings (SSSR count). The molecule has 1 saturated carbocycles. The van der Waals surface area contributed by atoms with E-state index in [1.54, 1.807) is 6.20 Å². The minimum Gasteiger partial charge on any atom is -0.458 e. The molecule has 0 radical (unpaired) electrons. The highest BCUT2D eigenvalue weighted by molar-refractivity contribution is 9.10. The van der Waals surface area contributed by atoms with Crippen LogP contribution in [-0.2, 0) is 4.79 Å². The molecule has 7 nitrogen and oxygen atoms in total. The van der Waals surface area contributed by atoms with E-state index in [2.05, 4.69) is 43.4 Å². The molecule has 0 spiro atoms. The number of aryl methyl sites for hydroxylation is 1. The Hall–Kier alpha value is -2.61. The Labute approximate surface area is 163 Å². The number of hydrogen-bond acceptors (Lipinski definition) is 5. The SMILES string of the molecule is Cc1ccc(-c2nc3c(N[C@H]4[C@@H](C(N)=O)[C@@H]5C=C[C@H]4C5)c(Br)cnc3[nH]2)o1. The molecule has 3 heterocycles. The predicted octanol–water partition coefficient (Wildman–Crippen LogP) is 3.38. The second-order valence-corrected chi connectivity index (χ2v) is 8.07. The number of aromatic nitrogens is 3. The number of amides is 1. The Morgan fingerprint density at radius 2 is 2.19 bits per heavy atom. The summed E-state index contributed by atoms with van der Waals surface area (Å²) in [5, 5.41) is 3.53. The number of anilines is 1. The Kier molecular flexibility index (Phi) is 3.65.